The molecule has 0 radical (unpaired) electrons. The van der Waals surface area contributed by atoms with Gasteiger partial charge in [-0.15, -0.1) is 0 Å². The van der Waals surface area contributed by atoms with Gasteiger partial charge in [0.1, 0.15) is 5.39 Å². The van der Waals surface area contributed by atoms with Crippen molar-refractivity contribution in [2.24, 2.45) is 0 Å². The summed E-state index contributed by atoms with van der Waals surface area (Å²) < 4.78 is 1.85. The maximum absolute atomic E-state index is 11.4. The lowest BCUT2D eigenvalue weighted by molar-refractivity contribution is 0.747. The topological polar surface area (TPSA) is 67.8 Å². The Morgan fingerprint density at radius 1 is 1.43 bits per heavy atom. The number of nitrogens with zero attached hydrogens (tertiary/aromatic N) is 2. The van der Waals surface area contributed by atoms with Gasteiger partial charge in [0, 0.05) is 12.7 Å². The van der Waals surface area contributed by atoms with E-state index < -0.39 is 5.56 Å². The standard InChI is InChI=1S/C9H7N3O2/c13-8-6-7-5(3-10-8)1-2-12(7)4-11-9(6)14/h3-4H,1-2H2,(H,10,13). The second-order valence-corrected chi connectivity index (χ2v) is 3.36. The van der Waals surface area contributed by atoms with Crippen LogP contribution in [0.25, 0.3) is 10.9 Å². The Morgan fingerprint density at radius 2 is 2.29 bits per heavy atom. The van der Waals surface area contributed by atoms with E-state index in [1.54, 1.807) is 6.20 Å². The molecule has 3 heterocycles. The molecule has 0 aromatic carbocycles. The molecule has 5 nitrogen and oxygen atoms in total. The van der Waals surface area contributed by atoms with Gasteiger partial charge in [-0.1, -0.05) is 0 Å². The first-order chi connectivity index (χ1) is 6.77. The molecular formula is C9H7N3O2. The van der Waals surface area contributed by atoms with Crippen molar-refractivity contribution < 1.29 is 0 Å². The summed E-state index contributed by atoms with van der Waals surface area (Å²) in [5.41, 5.74) is 0.964. The Hall–Kier alpha value is -1.91. The van der Waals surface area contributed by atoms with Gasteiger partial charge in [0.15, 0.2) is 0 Å². The minimum absolute atomic E-state index is 0.183. The van der Waals surface area contributed by atoms with E-state index in [0.717, 1.165) is 24.0 Å². The molecule has 5 heteroatoms. The normalized spacial score (nSPS) is 13.7. The van der Waals surface area contributed by atoms with Crippen LogP contribution in [0.4, 0.5) is 0 Å². The van der Waals surface area contributed by atoms with Gasteiger partial charge in [0.25, 0.3) is 11.1 Å². The van der Waals surface area contributed by atoms with Crippen LogP contribution < -0.4 is 11.1 Å². The molecule has 0 amide bonds. The van der Waals surface area contributed by atoms with Crippen LogP contribution >= 0.6 is 0 Å². The lowest BCUT2D eigenvalue weighted by Gasteiger charge is -2.00. The Morgan fingerprint density at radius 3 is 3.14 bits per heavy atom. The lowest BCUT2D eigenvalue weighted by atomic mass is 10.2. The van der Waals surface area contributed by atoms with Crippen LogP contribution in [0.15, 0.2) is 22.1 Å². The summed E-state index contributed by atoms with van der Waals surface area (Å²) in [6.07, 6.45) is 4.02. The third-order valence-electron chi connectivity index (χ3n) is 2.58. The molecule has 2 aromatic rings. The Balaban J connectivity index is 2.74. The van der Waals surface area contributed by atoms with Crippen LogP contribution in [0.1, 0.15) is 5.56 Å². The average molecular weight is 189 g/mol. The fourth-order valence-electron chi connectivity index (χ4n) is 1.93. The summed E-state index contributed by atoms with van der Waals surface area (Å²) in [5.74, 6) is 0. The van der Waals surface area contributed by atoms with Crippen LogP contribution in [0.2, 0.25) is 0 Å². The first-order valence-electron chi connectivity index (χ1n) is 4.37. The smallest absolute Gasteiger partial charge is 0.286 e. The quantitative estimate of drug-likeness (QED) is 0.615. The number of hydrogen-bond donors (Lipinski definition) is 1. The van der Waals surface area contributed by atoms with Crippen molar-refractivity contribution in [3.8, 4) is 0 Å². The Kier molecular flexibility index (Phi) is 1.24. The Bertz CT molecular complexity index is 586. The second-order valence-electron chi connectivity index (χ2n) is 3.36. The largest absolute Gasteiger partial charge is 0.331 e. The van der Waals surface area contributed by atoms with Crippen LogP contribution in [-0.4, -0.2) is 14.5 Å². The van der Waals surface area contributed by atoms with E-state index in [-0.39, 0.29) is 10.9 Å². The van der Waals surface area contributed by atoms with Crippen molar-refractivity contribution in [1.29, 1.82) is 0 Å². The molecule has 0 aliphatic carbocycles. The van der Waals surface area contributed by atoms with Crippen LogP contribution in [0, 0.1) is 0 Å². The number of hydrogen-bond acceptors (Lipinski definition) is 3. The van der Waals surface area contributed by atoms with Crippen LogP contribution in [-0.2, 0) is 13.0 Å². The van der Waals surface area contributed by atoms with Crippen LogP contribution in [0.5, 0.6) is 0 Å². The van der Waals surface area contributed by atoms with Gasteiger partial charge in [0.2, 0.25) is 0 Å². The van der Waals surface area contributed by atoms with Gasteiger partial charge in [0.05, 0.1) is 11.8 Å². The van der Waals surface area contributed by atoms with E-state index in [1.165, 1.54) is 6.33 Å². The summed E-state index contributed by atoms with van der Waals surface area (Å²) >= 11 is 0. The maximum Gasteiger partial charge on any atom is 0.286 e. The third kappa shape index (κ3) is 0.761. The SMILES string of the molecule is O=c1ncn2c3c(c[nH]c(=O)c13)CC2. The number of nitrogens with one attached hydrogen (secondary N) is 1. The van der Waals surface area contributed by atoms with Crippen LogP contribution in [0.3, 0.4) is 0 Å². The molecule has 0 saturated carbocycles. The van der Waals surface area contributed by atoms with Gasteiger partial charge < -0.3 is 9.55 Å². The van der Waals surface area contributed by atoms with Crippen molar-refractivity contribution in [1.82, 2.24) is 14.5 Å². The number of H-pyrrole nitrogens is 1. The zero-order valence-electron chi connectivity index (χ0n) is 7.28. The van der Waals surface area contributed by atoms with E-state index in [0.29, 0.717) is 0 Å². The molecule has 1 aliphatic heterocycles. The fraction of sp³-hybridized carbons (Fsp3) is 0.222. The molecule has 2 aromatic heterocycles. The molecule has 14 heavy (non-hydrogen) atoms. The predicted octanol–water partition coefficient (Wildman–Crippen LogP) is -0.359. The molecule has 1 N–H and O–H groups in total. The highest BCUT2D eigenvalue weighted by Gasteiger charge is 2.17. The van der Waals surface area contributed by atoms with Crippen molar-refractivity contribution in [2.75, 3.05) is 0 Å². The zero-order chi connectivity index (χ0) is 9.71. The zero-order valence-corrected chi connectivity index (χ0v) is 7.28. The first kappa shape index (κ1) is 7.49. The minimum Gasteiger partial charge on any atom is -0.331 e. The summed E-state index contributed by atoms with van der Waals surface area (Å²) in [7, 11) is 0. The summed E-state index contributed by atoms with van der Waals surface area (Å²) in [6.45, 7) is 0.788. The molecule has 70 valence electrons. The van der Waals surface area contributed by atoms with E-state index >= 15 is 0 Å². The third-order valence-corrected chi connectivity index (χ3v) is 2.58. The highest BCUT2D eigenvalue weighted by atomic mass is 16.1. The highest BCUT2D eigenvalue weighted by molar-refractivity contribution is 5.81. The highest BCUT2D eigenvalue weighted by Crippen LogP contribution is 2.18. The number of pyridine rings is 1. The average Bonchev–Trinajstić information content (AvgIpc) is 2.58. The molecular weight excluding hydrogens is 182 g/mol. The van der Waals surface area contributed by atoms with Gasteiger partial charge in [-0.3, -0.25) is 9.59 Å². The molecule has 0 unspecified atom stereocenters. The number of rotatable bonds is 0. The second kappa shape index (κ2) is 2.31. The molecule has 1 aliphatic rings. The van der Waals surface area contributed by atoms with Gasteiger partial charge in [-0.2, -0.15) is 4.98 Å². The van der Waals surface area contributed by atoms with Gasteiger partial charge in [-0.05, 0) is 12.0 Å². The van der Waals surface area contributed by atoms with E-state index in [9.17, 15) is 9.59 Å². The number of aromatic nitrogens is 3. The number of aromatic amines is 1. The van der Waals surface area contributed by atoms with Crippen molar-refractivity contribution in [2.45, 2.75) is 13.0 Å². The van der Waals surface area contributed by atoms with Crippen molar-refractivity contribution >= 4 is 10.9 Å². The molecule has 0 spiro atoms. The van der Waals surface area contributed by atoms with E-state index in [4.69, 9.17) is 0 Å². The number of aryl methyl sites for hydroxylation is 2. The summed E-state index contributed by atoms with van der Waals surface area (Å²) in [4.78, 5) is 29.0. The maximum atomic E-state index is 11.4. The van der Waals surface area contributed by atoms with E-state index in [2.05, 4.69) is 9.97 Å². The van der Waals surface area contributed by atoms with Gasteiger partial charge >= 0.3 is 0 Å². The Labute approximate surface area is 78.0 Å². The minimum atomic E-state index is -0.443. The monoisotopic (exact) mass is 189 g/mol. The van der Waals surface area contributed by atoms with Gasteiger partial charge in [-0.25, -0.2) is 0 Å². The predicted molar refractivity (Wildman–Crippen MR) is 50.3 cm³/mol. The van der Waals surface area contributed by atoms with E-state index in [1.807, 2.05) is 4.57 Å². The molecule has 0 bridgehead atoms. The summed E-state index contributed by atoms with van der Waals surface area (Å²) in [6, 6.07) is 0. The molecule has 0 atom stereocenters. The van der Waals surface area contributed by atoms with Crippen molar-refractivity contribution in [3.05, 3.63) is 38.8 Å². The first-order valence-corrected chi connectivity index (χ1v) is 4.37. The fourth-order valence-corrected chi connectivity index (χ4v) is 1.93. The summed E-state index contributed by atoms with van der Waals surface area (Å²) in [5, 5.41) is 0.183. The molecule has 0 fully saturated rings. The van der Waals surface area contributed by atoms with Crippen molar-refractivity contribution in [3.63, 3.8) is 0 Å². The molecule has 3 rings (SSSR count). The lowest BCUT2D eigenvalue weighted by Crippen LogP contribution is -2.19. The molecule has 0 saturated heterocycles.